The van der Waals surface area contributed by atoms with Crippen molar-refractivity contribution in [2.24, 2.45) is 0 Å². The summed E-state index contributed by atoms with van der Waals surface area (Å²) < 4.78 is 16.0. The van der Waals surface area contributed by atoms with Gasteiger partial charge in [-0.3, -0.25) is 9.68 Å². The molecule has 2 atom stereocenters. The third kappa shape index (κ3) is 5.88. The van der Waals surface area contributed by atoms with Gasteiger partial charge in [0.25, 0.3) is 0 Å². The molecule has 0 N–H and O–H groups in total. The second-order valence-electron chi connectivity index (χ2n) is 4.76. The van der Waals surface area contributed by atoms with E-state index >= 15 is 0 Å². The molecule has 0 aliphatic rings. The number of hydrogen-bond acceptors (Lipinski definition) is 7. The predicted molar refractivity (Wildman–Crippen MR) is 81.0 cm³/mol. The van der Waals surface area contributed by atoms with Crippen LogP contribution in [0.5, 0.6) is 11.5 Å². The van der Waals surface area contributed by atoms with Crippen molar-refractivity contribution in [3.05, 3.63) is 23.8 Å². The highest BCUT2D eigenvalue weighted by molar-refractivity contribution is 5.70. The van der Waals surface area contributed by atoms with Gasteiger partial charge in [-0.1, -0.05) is 6.07 Å². The molecular weight excluding hydrogens is 304 g/mol. The Labute approximate surface area is 135 Å². The normalized spacial score (nSPS) is 13.1. The second-order valence-corrected chi connectivity index (χ2v) is 4.76. The molecule has 0 fully saturated rings. The van der Waals surface area contributed by atoms with Crippen LogP contribution in [-0.2, 0) is 24.1 Å². The van der Waals surface area contributed by atoms with Crippen molar-refractivity contribution in [3.8, 4) is 11.5 Å². The Bertz CT molecular complexity index is 541. The quantitative estimate of drug-likeness (QED) is 0.314. The average molecular weight is 326 g/mol. The zero-order valence-corrected chi connectivity index (χ0v) is 14.0. The van der Waals surface area contributed by atoms with E-state index in [1.165, 1.54) is 21.0 Å². The van der Waals surface area contributed by atoms with Crippen molar-refractivity contribution < 1.29 is 33.6 Å². The van der Waals surface area contributed by atoms with Gasteiger partial charge in [0.2, 0.25) is 0 Å². The van der Waals surface area contributed by atoms with Gasteiger partial charge < -0.3 is 14.2 Å². The lowest BCUT2D eigenvalue weighted by Gasteiger charge is -2.23. The predicted octanol–water partition coefficient (Wildman–Crippen LogP) is 2.58. The number of carbonyl (C=O) groups excluding carboxylic acids is 2. The van der Waals surface area contributed by atoms with Crippen LogP contribution >= 0.6 is 0 Å². The fraction of sp³-hybridized carbons (Fsp3) is 0.500. The minimum Gasteiger partial charge on any atom is -0.493 e. The van der Waals surface area contributed by atoms with Crippen molar-refractivity contribution >= 4 is 11.9 Å². The maximum atomic E-state index is 11.1. The monoisotopic (exact) mass is 326 g/mol. The summed E-state index contributed by atoms with van der Waals surface area (Å²) in [6, 6.07) is 5.03. The highest BCUT2D eigenvalue weighted by atomic mass is 17.2. The minimum absolute atomic E-state index is 0.313. The van der Waals surface area contributed by atoms with Crippen LogP contribution in [-0.4, -0.2) is 31.8 Å². The zero-order valence-electron chi connectivity index (χ0n) is 14.0. The highest BCUT2D eigenvalue weighted by Crippen LogP contribution is 2.33. The van der Waals surface area contributed by atoms with Gasteiger partial charge >= 0.3 is 11.9 Å². The summed E-state index contributed by atoms with van der Waals surface area (Å²) >= 11 is 0. The third-order valence-corrected chi connectivity index (χ3v) is 2.86. The average Bonchev–Trinajstić information content (AvgIpc) is 2.50. The van der Waals surface area contributed by atoms with Crippen LogP contribution in [0.1, 0.15) is 39.4 Å². The van der Waals surface area contributed by atoms with Crippen molar-refractivity contribution in [3.63, 3.8) is 0 Å². The molecule has 0 bridgehead atoms. The molecular formula is C16H22O7. The summed E-state index contributed by atoms with van der Waals surface area (Å²) in [6.07, 6.45) is -1.03. The molecule has 1 aromatic rings. The first-order valence-corrected chi connectivity index (χ1v) is 7.20. The van der Waals surface area contributed by atoms with Crippen LogP contribution in [0.3, 0.4) is 0 Å². The van der Waals surface area contributed by atoms with Crippen LogP contribution in [0, 0.1) is 0 Å². The molecule has 0 aromatic heterocycles. The SMILES string of the molecule is CCOC(c1ccc(OC(C)=O)c(OC)c1)C(C)OOC(C)=O. The first-order valence-electron chi connectivity index (χ1n) is 7.20. The summed E-state index contributed by atoms with van der Waals surface area (Å²) in [6.45, 7) is 6.56. The lowest BCUT2D eigenvalue weighted by Crippen LogP contribution is -2.23. The second kappa shape index (κ2) is 9.12. The lowest BCUT2D eigenvalue weighted by atomic mass is 10.0. The molecule has 0 aliphatic heterocycles. The molecule has 0 saturated heterocycles. The van der Waals surface area contributed by atoms with E-state index in [-0.39, 0.29) is 0 Å². The van der Waals surface area contributed by atoms with Crippen molar-refractivity contribution in [1.82, 2.24) is 0 Å². The smallest absolute Gasteiger partial charge is 0.339 e. The number of ether oxygens (including phenoxy) is 3. The van der Waals surface area contributed by atoms with Crippen LogP contribution < -0.4 is 9.47 Å². The van der Waals surface area contributed by atoms with Gasteiger partial charge in [-0.25, -0.2) is 4.79 Å². The Balaban J connectivity index is 3.02. The molecule has 0 aliphatic carbocycles. The van der Waals surface area contributed by atoms with Gasteiger partial charge in [0.1, 0.15) is 12.2 Å². The van der Waals surface area contributed by atoms with Crippen molar-refractivity contribution in [2.75, 3.05) is 13.7 Å². The number of methoxy groups -OCH3 is 1. The molecule has 7 nitrogen and oxygen atoms in total. The summed E-state index contributed by atoms with van der Waals surface area (Å²) in [5.74, 6) is -0.284. The van der Waals surface area contributed by atoms with Gasteiger partial charge in [0, 0.05) is 20.5 Å². The van der Waals surface area contributed by atoms with Crippen LogP contribution in [0.4, 0.5) is 0 Å². The first-order chi connectivity index (χ1) is 10.9. The van der Waals surface area contributed by atoms with E-state index in [9.17, 15) is 9.59 Å². The number of rotatable bonds is 8. The van der Waals surface area contributed by atoms with Gasteiger partial charge in [0.15, 0.2) is 11.5 Å². The largest absolute Gasteiger partial charge is 0.493 e. The molecule has 0 heterocycles. The molecule has 0 spiro atoms. The number of hydrogen-bond donors (Lipinski definition) is 0. The van der Waals surface area contributed by atoms with Crippen LogP contribution in [0.2, 0.25) is 0 Å². The molecule has 1 aromatic carbocycles. The van der Waals surface area contributed by atoms with Gasteiger partial charge in [-0.2, -0.15) is 4.89 Å². The standard InChI is InChI=1S/C16H22O7/c1-6-20-16(10(2)22-23-12(4)18)13-7-8-14(21-11(3)17)15(9-13)19-5/h7-10,16H,6H2,1-5H3. The molecule has 128 valence electrons. The molecule has 0 saturated carbocycles. The minimum atomic E-state index is -0.546. The summed E-state index contributed by atoms with van der Waals surface area (Å²) in [5, 5.41) is 0. The molecule has 7 heteroatoms. The van der Waals surface area contributed by atoms with E-state index in [2.05, 4.69) is 4.89 Å². The zero-order chi connectivity index (χ0) is 17.4. The van der Waals surface area contributed by atoms with E-state index in [1.54, 1.807) is 25.1 Å². The Morgan fingerprint density at radius 2 is 1.83 bits per heavy atom. The molecule has 0 radical (unpaired) electrons. The fourth-order valence-corrected chi connectivity index (χ4v) is 1.98. The fourth-order valence-electron chi connectivity index (χ4n) is 1.98. The van der Waals surface area contributed by atoms with E-state index in [0.717, 1.165) is 5.56 Å². The third-order valence-electron chi connectivity index (χ3n) is 2.86. The molecule has 2 unspecified atom stereocenters. The van der Waals surface area contributed by atoms with Crippen molar-refractivity contribution in [1.29, 1.82) is 0 Å². The first kappa shape index (κ1) is 18.9. The Morgan fingerprint density at radius 1 is 1.13 bits per heavy atom. The number of benzene rings is 1. The lowest BCUT2D eigenvalue weighted by molar-refractivity contribution is -0.309. The maximum Gasteiger partial charge on any atom is 0.339 e. The van der Waals surface area contributed by atoms with Gasteiger partial charge in [0.05, 0.1) is 7.11 Å². The highest BCUT2D eigenvalue weighted by Gasteiger charge is 2.24. The Hall–Kier alpha value is -2.12. The molecule has 23 heavy (non-hydrogen) atoms. The number of esters is 1. The Kier molecular flexibility index (Phi) is 7.50. The van der Waals surface area contributed by atoms with E-state index < -0.39 is 24.1 Å². The van der Waals surface area contributed by atoms with Crippen molar-refractivity contribution in [2.45, 2.75) is 39.9 Å². The van der Waals surface area contributed by atoms with Crippen LogP contribution in [0.15, 0.2) is 18.2 Å². The van der Waals surface area contributed by atoms with Crippen LogP contribution in [0.25, 0.3) is 0 Å². The number of carbonyl (C=O) groups is 2. The van der Waals surface area contributed by atoms with E-state index in [4.69, 9.17) is 19.1 Å². The molecule has 0 amide bonds. The Morgan fingerprint density at radius 3 is 2.35 bits per heavy atom. The van der Waals surface area contributed by atoms with E-state index in [1.807, 2.05) is 6.92 Å². The molecule has 1 rings (SSSR count). The summed E-state index contributed by atoms with van der Waals surface area (Å²) in [5.41, 5.74) is 0.735. The van der Waals surface area contributed by atoms with Gasteiger partial charge in [-0.05, 0) is 31.5 Å². The maximum absolute atomic E-state index is 11.1. The van der Waals surface area contributed by atoms with Gasteiger partial charge in [-0.15, -0.1) is 0 Å². The summed E-state index contributed by atoms with van der Waals surface area (Å²) in [4.78, 5) is 31.6. The van der Waals surface area contributed by atoms with E-state index in [0.29, 0.717) is 18.1 Å². The summed E-state index contributed by atoms with van der Waals surface area (Å²) in [7, 11) is 1.47. The topological polar surface area (TPSA) is 80.3 Å².